The Morgan fingerprint density at radius 2 is 2.28 bits per heavy atom. The predicted octanol–water partition coefficient (Wildman–Crippen LogP) is 2.01. The highest BCUT2D eigenvalue weighted by Gasteiger charge is 2.13. The van der Waals surface area contributed by atoms with Crippen LogP contribution in [0.4, 0.5) is 14.9 Å². The van der Waals surface area contributed by atoms with Crippen molar-refractivity contribution < 1.29 is 9.18 Å². The fraction of sp³-hybridized carbons (Fsp3) is 0.333. The van der Waals surface area contributed by atoms with E-state index in [1.165, 1.54) is 23.1 Å². The summed E-state index contributed by atoms with van der Waals surface area (Å²) in [6.07, 6.45) is 0.754. The number of amides is 2. The van der Waals surface area contributed by atoms with Crippen LogP contribution in [-0.2, 0) is 0 Å². The molecule has 0 radical (unpaired) electrons. The van der Waals surface area contributed by atoms with Gasteiger partial charge in [0.1, 0.15) is 11.7 Å². The summed E-state index contributed by atoms with van der Waals surface area (Å²) in [6.45, 7) is 2.47. The van der Waals surface area contributed by atoms with Crippen LogP contribution in [-0.4, -0.2) is 29.9 Å². The number of carbonyl (C=O) groups is 1. The Labute approximate surface area is 105 Å². The fourth-order valence-corrected chi connectivity index (χ4v) is 1.50. The molecule has 5 nitrogen and oxygen atoms in total. The maximum absolute atomic E-state index is 13.0. The van der Waals surface area contributed by atoms with Crippen molar-refractivity contribution >= 4 is 17.6 Å². The van der Waals surface area contributed by atoms with Gasteiger partial charge in [-0.2, -0.15) is 0 Å². The van der Waals surface area contributed by atoms with Gasteiger partial charge in [-0.15, -0.1) is 0 Å². The van der Waals surface area contributed by atoms with Crippen molar-refractivity contribution in [2.45, 2.75) is 13.3 Å². The molecule has 18 heavy (non-hydrogen) atoms. The van der Waals surface area contributed by atoms with Gasteiger partial charge in [-0.25, -0.2) is 9.18 Å². The van der Waals surface area contributed by atoms with E-state index in [1.807, 2.05) is 6.92 Å². The van der Waals surface area contributed by atoms with E-state index in [9.17, 15) is 9.18 Å². The van der Waals surface area contributed by atoms with Crippen LogP contribution in [0, 0.1) is 11.2 Å². The number of halogens is 1. The second-order valence-corrected chi connectivity index (χ2v) is 3.89. The number of anilines is 1. The van der Waals surface area contributed by atoms with Gasteiger partial charge in [0.25, 0.3) is 0 Å². The molecular weight excluding hydrogens is 235 g/mol. The summed E-state index contributed by atoms with van der Waals surface area (Å²) in [6, 6.07) is 5.25. The minimum atomic E-state index is -0.415. The van der Waals surface area contributed by atoms with E-state index >= 15 is 0 Å². The topological polar surface area (TPSA) is 82.2 Å². The molecule has 2 amide bonds. The van der Waals surface area contributed by atoms with Crippen LogP contribution < -0.4 is 11.1 Å². The van der Waals surface area contributed by atoms with E-state index in [1.54, 1.807) is 6.07 Å². The van der Waals surface area contributed by atoms with Crippen LogP contribution in [0.5, 0.6) is 0 Å². The number of hydrogen-bond donors (Lipinski definition) is 3. The first-order chi connectivity index (χ1) is 8.52. The SMILES string of the molecule is CCCN(CC(=N)N)C(=O)Nc1cccc(F)c1. The molecular formula is C12H17FN4O. The minimum Gasteiger partial charge on any atom is -0.386 e. The zero-order chi connectivity index (χ0) is 13.5. The first kappa shape index (κ1) is 14.0. The van der Waals surface area contributed by atoms with E-state index in [4.69, 9.17) is 11.1 Å². The van der Waals surface area contributed by atoms with Crippen LogP contribution in [0.25, 0.3) is 0 Å². The van der Waals surface area contributed by atoms with Gasteiger partial charge in [-0.05, 0) is 24.6 Å². The Morgan fingerprint density at radius 3 is 2.83 bits per heavy atom. The lowest BCUT2D eigenvalue weighted by Crippen LogP contribution is -2.41. The van der Waals surface area contributed by atoms with Crippen molar-refractivity contribution in [1.82, 2.24) is 4.90 Å². The van der Waals surface area contributed by atoms with E-state index in [-0.39, 0.29) is 12.4 Å². The van der Waals surface area contributed by atoms with Gasteiger partial charge in [0.15, 0.2) is 0 Å². The van der Waals surface area contributed by atoms with Gasteiger partial charge in [0, 0.05) is 12.2 Å². The summed E-state index contributed by atoms with van der Waals surface area (Å²) in [4.78, 5) is 13.3. The molecule has 6 heteroatoms. The zero-order valence-corrected chi connectivity index (χ0v) is 10.2. The molecule has 0 spiro atoms. The molecule has 0 aliphatic rings. The molecule has 0 saturated heterocycles. The van der Waals surface area contributed by atoms with Gasteiger partial charge in [-0.3, -0.25) is 5.41 Å². The molecule has 0 heterocycles. The molecule has 0 aromatic heterocycles. The van der Waals surface area contributed by atoms with E-state index < -0.39 is 11.8 Å². The summed E-state index contributed by atoms with van der Waals surface area (Å²) in [5.41, 5.74) is 5.66. The van der Waals surface area contributed by atoms with E-state index in [2.05, 4.69) is 5.32 Å². The van der Waals surface area contributed by atoms with Gasteiger partial charge in [0.05, 0.1) is 6.54 Å². The number of rotatable bonds is 5. The van der Waals surface area contributed by atoms with E-state index in [0.29, 0.717) is 12.2 Å². The van der Waals surface area contributed by atoms with Crippen LogP contribution in [0.1, 0.15) is 13.3 Å². The lowest BCUT2D eigenvalue weighted by atomic mass is 10.3. The summed E-state index contributed by atoms with van der Waals surface area (Å²) >= 11 is 0. The molecule has 0 aliphatic carbocycles. The Hall–Kier alpha value is -2.11. The van der Waals surface area contributed by atoms with Gasteiger partial charge < -0.3 is 16.0 Å². The first-order valence-corrected chi connectivity index (χ1v) is 5.67. The second kappa shape index (κ2) is 6.58. The molecule has 1 aromatic carbocycles. The third-order valence-corrected chi connectivity index (χ3v) is 2.22. The number of amidine groups is 1. The molecule has 4 N–H and O–H groups in total. The van der Waals surface area contributed by atoms with Crippen molar-refractivity contribution in [2.24, 2.45) is 5.73 Å². The van der Waals surface area contributed by atoms with Gasteiger partial charge >= 0.3 is 6.03 Å². The molecule has 0 bridgehead atoms. The summed E-state index contributed by atoms with van der Waals surface area (Å²) in [5, 5.41) is 9.77. The maximum atomic E-state index is 13.0. The minimum absolute atomic E-state index is 0.0645. The highest BCUT2D eigenvalue weighted by molar-refractivity contribution is 5.92. The van der Waals surface area contributed by atoms with Crippen molar-refractivity contribution in [3.63, 3.8) is 0 Å². The third-order valence-electron chi connectivity index (χ3n) is 2.22. The van der Waals surface area contributed by atoms with Gasteiger partial charge in [-0.1, -0.05) is 13.0 Å². The molecule has 98 valence electrons. The number of urea groups is 1. The number of nitrogens with zero attached hydrogens (tertiary/aromatic N) is 1. The van der Waals surface area contributed by atoms with Gasteiger partial charge in [0.2, 0.25) is 0 Å². The number of hydrogen-bond acceptors (Lipinski definition) is 2. The molecule has 0 unspecified atom stereocenters. The average molecular weight is 252 g/mol. The molecule has 1 aromatic rings. The Kier molecular flexibility index (Phi) is 5.10. The zero-order valence-electron chi connectivity index (χ0n) is 10.2. The number of nitrogens with two attached hydrogens (primary N) is 1. The smallest absolute Gasteiger partial charge is 0.322 e. The molecule has 0 saturated carbocycles. The molecule has 0 aliphatic heterocycles. The number of nitrogens with one attached hydrogen (secondary N) is 2. The van der Waals surface area contributed by atoms with Crippen LogP contribution in [0.15, 0.2) is 24.3 Å². The Bertz CT molecular complexity index is 436. The van der Waals surface area contributed by atoms with Crippen LogP contribution >= 0.6 is 0 Å². The first-order valence-electron chi connectivity index (χ1n) is 5.67. The molecule has 0 fully saturated rings. The third kappa shape index (κ3) is 4.40. The monoisotopic (exact) mass is 252 g/mol. The van der Waals surface area contributed by atoms with Crippen LogP contribution in [0.3, 0.4) is 0 Å². The van der Waals surface area contributed by atoms with Crippen molar-refractivity contribution in [3.05, 3.63) is 30.1 Å². The fourth-order valence-electron chi connectivity index (χ4n) is 1.50. The Balaban J connectivity index is 2.69. The normalized spacial score (nSPS) is 9.89. The predicted molar refractivity (Wildman–Crippen MR) is 69.2 cm³/mol. The summed E-state index contributed by atoms with van der Waals surface area (Å²) in [7, 11) is 0. The highest BCUT2D eigenvalue weighted by atomic mass is 19.1. The highest BCUT2D eigenvalue weighted by Crippen LogP contribution is 2.10. The lowest BCUT2D eigenvalue weighted by molar-refractivity contribution is 0.218. The maximum Gasteiger partial charge on any atom is 0.322 e. The summed E-state index contributed by atoms with van der Waals surface area (Å²) in [5.74, 6) is -0.501. The van der Waals surface area contributed by atoms with Crippen molar-refractivity contribution in [1.29, 1.82) is 5.41 Å². The van der Waals surface area contributed by atoms with E-state index in [0.717, 1.165) is 6.42 Å². The van der Waals surface area contributed by atoms with Crippen molar-refractivity contribution in [3.8, 4) is 0 Å². The standard InChI is InChI=1S/C12H17FN4O/c1-2-6-17(8-11(14)15)12(18)16-10-5-3-4-9(13)7-10/h3-5,7H,2,6,8H2,1H3,(H3,14,15)(H,16,18). The number of benzene rings is 1. The molecule has 1 rings (SSSR count). The quantitative estimate of drug-likeness (QED) is 0.553. The van der Waals surface area contributed by atoms with Crippen molar-refractivity contribution in [2.75, 3.05) is 18.4 Å². The Morgan fingerprint density at radius 1 is 1.56 bits per heavy atom. The van der Waals surface area contributed by atoms with Crippen LogP contribution in [0.2, 0.25) is 0 Å². The second-order valence-electron chi connectivity index (χ2n) is 3.89. The number of carbonyl (C=O) groups excluding carboxylic acids is 1. The lowest BCUT2D eigenvalue weighted by Gasteiger charge is -2.21. The average Bonchev–Trinajstić information content (AvgIpc) is 2.27. The largest absolute Gasteiger partial charge is 0.386 e. The summed E-state index contributed by atoms with van der Waals surface area (Å²) < 4.78 is 13.0. The molecule has 0 atom stereocenters.